The molecule has 0 amide bonds. The zero-order valence-corrected chi connectivity index (χ0v) is 21.5. The first-order valence-corrected chi connectivity index (χ1v) is 14.2. The summed E-state index contributed by atoms with van der Waals surface area (Å²) in [5, 5.41) is 0. The Morgan fingerprint density at radius 3 is 2.31 bits per heavy atom. The molecule has 6 aliphatic rings. The fourth-order valence-electron chi connectivity index (χ4n) is 9.74. The third-order valence-electron chi connectivity index (χ3n) is 11.6. The van der Waals surface area contributed by atoms with E-state index < -0.39 is 0 Å². The SMILES string of the molecule is C[C@@]12CCC3(C[C@H]1C[C@H](OCc1ccccc1)[C@H]1[C@H]2CC[C@]2(C)[C@@H]1CCC21OCCO1)OCCO3. The Hall–Kier alpha value is -0.980. The Bertz CT molecular complexity index is 922. The molecule has 6 fully saturated rings. The van der Waals surface area contributed by atoms with Crippen LogP contribution >= 0.6 is 0 Å². The minimum absolute atomic E-state index is 0.0792. The molecule has 0 N–H and O–H groups in total. The molecule has 7 atom stereocenters. The second-order valence-electron chi connectivity index (χ2n) is 12.8. The Labute approximate surface area is 210 Å². The third-order valence-corrected chi connectivity index (χ3v) is 11.6. The molecule has 4 saturated carbocycles. The standard InChI is InChI=1S/C30H42O5/c1-27-12-13-29(32-14-15-33-29)19-22(27)18-25(31-20-21-6-4-3-5-7-21)26-23(27)8-10-28(2)24(26)9-11-30(28)34-16-17-35-30/h3-7,22-26H,8-20H2,1-2H3/t22-,23-,24-,25+,26+,27-,28-/m1/s1. The van der Waals surface area contributed by atoms with Gasteiger partial charge in [-0.2, -0.15) is 0 Å². The number of ether oxygens (including phenoxy) is 5. The van der Waals surface area contributed by atoms with Gasteiger partial charge in [-0.25, -0.2) is 0 Å². The van der Waals surface area contributed by atoms with Crippen LogP contribution in [0.25, 0.3) is 0 Å². The smallest absolute Gasteiger partial charge is 0.174 e. The van der Waals surface area contributed by atoms with Crippen molar-refractivity contribution in [3.8, 4) is 0 Å². The molecule has 5 nitrogen and oxygen atoms in total. The molecule has 1 aromatic carbocycles. The monoisotopic (exact) mass is 482 g/mol. The molecule has 0 radical (unpaired) electrons. The lowest BCUT2D eigenvalue weighted by molar-refractivity contribution is -0.273. The third kappa shape index (κ3) is 3.38. The quantitative estimate of drug-likeness (QED) is 0.552. The zero-order valence-electron chi connectivity index (χ0n) is 21.5. The lowest BCUT2D eigenvalue weighted by Crippen LogP contribution is -2.62. The molecule has 35 heavy (non-hydrogen) atoms. The minimum atomic E-state index is -0.369. The summed E-state index contributed by atoms with van der Waals surface area (Å²) in [6.07, 6.45) is 9.31. The van der Waals surface area contributed by atoms with Crippen LogP contribution in [0, 0.1) is 34.5 Å². The molecule has 0 aromatic heterocycles. The van der Waals surface area contributed by atoms with Gasteiger partial charge in [0, 0.05) is 24.7 Å². The van der Waals surface area contributed by atoms with Crippen molar-refractivity contribution in [2.45, 2.75) is 89.5 Å². The van der Waals surface area contributed by atoms with Gasteiger partial charge in [-0.3, -0.25) is 0 Å². The maximum absolute atomic E-state index is 6.92. The van der Waals surface area contributed by atoms with Crippen LogP contribution in [0.2, 0.25) is 0 Å². The number of hydrogen-bond acceptors (Lipinski definition) is 5. The van der Waals surface area contributed by atoms with Gasteiger partial charge < -0.3 is 23.7 Å². The lowest BCUT2D eigenvalue weighted by atomic mass is 9.44. The van der Waals surface area contributed by atoms with Crippen LogP contribution in [0.5, 0.6) is 0 Å². The molecule has 2 saturated heterocycles. The van der Waals surface area contributed by atoms with Crippen LogP contribution in [-0.4, -0.2) is 44.1 Å². The van der Waals surface area contributed by atoms with E-state index in [0.29, 0.717) is 35.7 Å². The molecule has 1 aromatic rings. The maximum Gasteiger partial charge on any atom is 0.174 e. The van der Waals surface area contributed by atoms with Gasteiger partial charge in [-0.1, -0.05) is 44.2 Å². The van der Waals surface area contributed by atoms with E-state index in [4.69, 9.17) is 23.7 Å². The fourth-order valence-corrected chi connectivity index (χ4v) is 9.74. The van der Waals surface area contributed by atoms with Gasteiger partial charge in [0.25, 0.3) is 0 Å². The first kappa shape index (κ1) is 23.2. The van der Waals surface area contributed by atoms with Gasteiger partial charge in [0.15, 0.2) is 11.6 Å². The molecular formula is C30H42O5. The summed E-state index contributed by atoms with van der Waals surface area (Å²) >= 11 is 0. The summed E-state index contributed by atoms with van der Waals surface area (Å²) in [4.78, 5) is 0. The predicted octanol–water partition coefficient (Wildman–Crippen LogP) is 5.71. The van der Waals surface area contributed by atoms with Gasteiger partial charge in [0.2, 0.25) is 0 Å². The highest BCUT2D eigenvalue weighted by atomic mass is 16.7. The van der Waals surface area contributed by atoms with Crippen molar-refractivity contribution in [2.75, 3.05) is 26.4 Å². The number of hydrogen-bond donors (Lipinski definition) is 0. The highest BCUT2D eigenvalue weighted by Crippen LogP contribution is 2.70. The summed E-state index contributed by atoms with van der Waals surface area (Å²) in [5.41, 5.74) is 1.67. The maximum atomic E-state index is 6.92. The molecule has 4 aliphatic carbocycles. The molecule has 2 spiro atoms. The first-order valence-electron chi connectivity index (χ1n) is 14.2. The van der Waals surface area contributed by atoms with Gasteiger partial charge in [0.1, 0.15) is 0 Å². The largest absolute Gasteiger partial charge is 0.373 e. The van der Waals surface area contributed by atoms with Gasteiger partial charge in [-0.15, -0.1) is 0 Å². The number of fused-ring (bicyclic) bond motifs is 6. The average Bonchev–Trinajstić information content (AvgIpc) is 3.60. The summed E-state index contributed by atoms with van der Waals surface area (Å²) in [6.45, 7) is 8.74. The van der Waals surface area contributed by atoms with Gasteiger partial charge in [-0.05, 0) is 66.8 Å². The van der Waals surface area contributed by atoms with E-state index >= 15 is 0 Å². The van der Waals surface area contributed by atoms with Crippen LogP contribution in [0.1, 0.15) is 70.8 Å². The Morgan fingerprint density at radius 2 is 1.54 bits per heavy atom. The van der Waals surface area contributed by atoms with E-state index in [0.717, 1.165) is 52.1 Å². The van der Waals surface area contributed by atoms with Crippen molar-refractivity contribution < 1.29 is 23.7 Å². The molecule has 192 valence electrons. The van der Waals surface area contributed by atoms with Crippen molar-refractivity contribution in [3.05, 3.63) is 35.9 Å². The van der Waals surface area contributed by atoms with Crippen molar-refractivity contribution in [3.63, 3.8) is 0 Å². The average molecular weight is 483 g/mol. The van der Waals surface area contributed by atoms with Crippen LogP contribution in [0.15, 0.2) is 30.3 Å². The summed E-state index contributed by atoms with van der Waals surface area (Å²) in [7, 11) is 0. The van der Waals surface area contributed by atoms with Crippen LogP contribution in [-0.2, 0) is 30.3 Å². The Morgan fingerprint density at radius 1 is 0.829 bits per heavy atom. The highest BCUT2D eigenvalue weighted by molar-refractivity contribution is 5.16. The van der Waals surface area contributed by atoms with Crippen LogP contribution < -0.4 is 0 Å². The van der Waals surface area contributed by atoms with E-state index in [1.165, 1.54) is 31.2 Å². The predicted molar refractivity (Wildman–Crippen MR) is 131 cm³/mol. The second kappa shape index (κ2) is 8.26. The summed E-state index contributed by atoms with van der Waals surface area (Å²) in [6, 6.07) is 10.7. The fraction of sp³-hybridized carbons (Fsp3) is 0.800. The minimum Gasteiger partial charge on any atom is -0.373 e. The van der Waals surface area contributed by atoms with Gasteiger partial charge >= 0.3 is 0 Å². The normalized spacial score (nSPS) is 45.4. The zero-order chi connectivity index (χ0) is 23.7. The van der Waals surface area contributed by atoms with Gasteiger partial charge in [0.05, 0.1) is 39.1 Å². The molecule has 2 heterocycles. The molecule has 0 bridgehead atoms. The molecule has 2 aliphatic heterocycles. The van der Waals surface area contributed by atoms with E-state index in [1.54, 1.807) is 0 Å². The lowest BCUT2D eigenvalue weighted by Gasteiger charge is -2.64. The summed E-state index contributed by atoms with van der Waals surface area (Å²) < 4.78 is 32.2. The van der Waals surface area contributed by atoms with E-state index in [9.17, 15) is 0 Å². The first-order chi connectivity index (χ1) is 17.0. The van der Waals surface area contributed by atoms with Crippen LogP contribution in [0.3, 0.4) is 0 Å². The van der Waals surface area contributed by atoms with Crippen molar-refractivity contribution in [2.24, 2.45) is 34.5 Å². The van der Waals surface area contributed by atoms with E-state index in [-0.39, 0.29) is 23.1 Å². The van der Waals surface area contributed by atoms with Crippen molar-refractivity contribution in [1.82, 2.24) is 0 Å². The highest BCUT2D eigenvalue weighted by Gasteiger charge is 2.69. The van der Waals surface area contributed by atoms with Crippen LogP contribution in [0.4, 0.5) is 0 Å². The van der Waals surface area contributed by atoms with Crippen molar-refractivity contribution in [1.29, 1.82) is 0 Å². The topological polar surface area (TPSA) is 46.2 Å². The van der Waals surface area contributed by atoms with E-state index in [1.807, 2.05) is 0 Å². The molecule has 0 unspecified atom stereocenters. The summed E-state index contributed by atoms with van der Waals surface area (Å²) in [5.74, 6) is 1.70. The second-order valence-corrected chi connectivity index (χ2v) is 12.8. The number of rotatable bonds is 3. The molecule has 5 heteroatoms. The van der Waals surface area contributed by atoms with Crippen molar-refractivity contribution >= 4 is 0 Å². The Kier molecular flexibility index (Phi) is 5.47. The van der Waals surface area contributed by atoms with E-state index in [2.05, 4.69) is 44.2 Å². The molecule has 7 rings (SSSR count). The molecular weight excluding hydrogens is 440 g/mol. The number of benzene rings is 1. The Balaban J connectivity index is 1.22.